The summed E-state index contributed by atoms with van der Waals surface area (Å²) in [4.78, 5) is 16.1. The van der Waals surface area contributed by atoms with Crippen molar-refractivity contribution >= 4 is 34.8 Å². The molecule has 0 bridgehead atoms. The summed E-state index contributed by atoms with van der Waals surface area (Å²) in [5, 5.41) is 2.80. The Balaban J connectivity index is 1.38. The Hall–Kier alpha value is -2.60. The molecule has 0 saturated carbocycles. The number of aryl methyl sites for hydroxylation is 1. The Morgan fingerprint density at radius 3 is 2.87 bits per heavy atom. The van der Waals surface area contributed by atoms with Gasteiger partial charge in [0.25, 0.3) is 0 Å². The molecule has 2 aliphatic heterocycles. The van der Waals surface area contributed by atoms with Gasteiger partial charge in [-0.2, -0.15) is 0 Å². The van der Waals surface area contributed by atoms with E-state index in [4.69, 9.17) is 21.1 Å². The lowest BCUT2D eigenvalue weighted by Gasteiger charge is -2.29. The molecule has 0 atom stereocenters. The molecule has 30 heavy (non-hydrogen) atoms. The number of carbonyl (C=O) groups excluding carboxylic acids is 1. The third kappa shape index (κ3) is 3.54. The maximum atomic E-state index is 12.9. The molecule has 2 aromatic carbocycles. The Kier molecular flexibility index (Phi) is 5.11. The van der Waals surface area contributed by atoms with E-state index in [1.165, 1.54) is 0 Å². The van der Waals surface area contributed by atoms with Crippen LogP contribution in [0.5, 0.6) is 11.5 Å². The van der Waals surface area contributed by atoms with Gasteiger partial charge >= 0.3 is 0 Å². The van der Waals surface area contributed by atoms with Crippen molar-refractivity contribution in [1.29, 1.82) is 0 Å². The quantitative estimate of drug-likeness (QED) is 0.489. The van der Waals surface area contributed by atoms with Crippen LogP contribution in [0.2, 0.25) is 5.02 Å². The number of Topliss-reactive ketones (excluding diaryl/α,β-unsaturated/α-hetero) is 1. The number of benzene rings is 2. The predicted octanol–water partition coefficient (Wildman–Crippen LogP) is 5.72. The first kappa shape index (κ1) is 19.4. The summed E-state index contributed by atoms with van der Waals surface area (Å²) in [7, 11) is 0. The highest BCUT2D eigenvalue weighted by Crippen LogP contribution is 2.42. The fourth-order valence-electron chi connectivity index (χ4n) is 3.78. The number of allylic oxidation sites excluding steroid dienone is 1. The van der Waals surface area contributed by atoms with E-state index < -0.39 is 0 Å². The van der Waals surface area contributed by atoms with Crippen molar-refractivity contribution in [3.8, 4) is 11.5 Å². The van der Waals surface area contributed by atoms with E-state index in [1.54, 1.807) is 17.4 Å². The van der Waals surface area contributed by atoms with Crippen LogP contribution in [0, 0.1) is 6.92 Å². The number of thiophene rings is 1. The van der Waals surface area contributed by atoms with Gasteiger partial charge in [0, 0.05) is 29.1 Å². The van der Waals surface area contributed by atoms with Crippen molar-refractivity contribution in [2.75, 3.05) is 13.3 Å². The van der Waals surface area contributed by atoms with Crippen LogP contribution in [0.1, 0.15) is 31.9 Å². The molecule has 3 aromatic rings. The van der Waals surface area contributed by atoms with Gasteiger partial charge < -0.3 is 9.47 Å². The molecule has 0 fully saturated rings. The monoisotopic (exact) mass is 437 g/mol. The van der Waals surface area contributed by atoms with Gasteiger partial charge in [0.05, 0.1) is 11.1 Å². The van der Waals surface area contributed by atoms with E-state index in [0.717, 1.165) is 45.3 Å². The van der Waals surface area contributed by atoms with Gasteiger partial charge in [-0.3, -0.25) is 9.69 Å². The normalized spacial score (nSPS) is 16.9. The number of hydrogen-bond acceptors (Lipinski definition) is 5. The van der Waals surface area contributed by atoms with Gasteiger partial charge in [-0.15, -0.1) is 11.3 Å². The molecule has 0 unspecified atom stereocenters. The van der Waals surface area contributed by atoms with E-state index in [1.807, 2.05) is 54.8 Å². The van der Waals surface area contributed by atoms with Crippen molar-refractivity contribution in [1.82, 2.24) is 4.90 Å². The van der Waals surface area contributed by atoms with Gasteiger partial charge in [0.15, 0.2) is 5.76 Å². The molecule has 3 heterocycles. The number of ether oxygens (including phenoxy) is 2. The number of ketones is 1. The van der Waals surface area contributed by atoms with Crippen molar-refractivity contribution in [2.45, 2.75) is 19.9 Å². The highest BCUT2D eigenvalue weighted by molar-refractivity contribution is 7.11. The summed E-state index contributed by atoms with van der Waals surface area (Å²) >= 11 is 7.89. The number of nitrogens with zero attached hydrogens (tertiary/aromatic N) is 1. The maximum Gasteiger partial charge on any atom is 0.232 e. The second kappa shape index (κ2) is 7.91. The molecule has 0 N–H and O–H groups in total. The first-order valence-electron chi connectivity index (χ1n) is 9.83. The Bertz CT molecular complexity index is 1170. The molecule has 0 radical (unpaired) electrons. The van der Waals surface area contributed by atoms with Crippen molar-refractivity contribution < 1.29 is 14.3 Å². The smallest absolute Gasteiger partial charge is 0.232 e. The van der Waals surface area contributed by atoms with E-state index in [2.05, 4.69) is 4.90 Å². The highest BCUT2D eigenvalue weighted by Gasteiger charge is 2.33. The maximum absolute atomic E-state index is 12.9. The summed E-state index contributed by atoms with van der Waals surface area (Å²) in [6.07, 6.45) is 2.67. The summed E-state index contributed by atoms with van der Waals surface area (Å²) < 4.78 is 12.0. The Morgan fingerprint density at radius 2 is 2.07 bits per heavy atom. The van der Waals surface area contributed by atoms with Crippen molar-refractivity contribution in [2.24, 2.45) is 0 Å². The summed E-state index contributed by atoms with van der Waals surface area (Å²) in [5.74, 6) is 1.70. The number of rotatable bonds is 4. The third-order valence-electron chi connectivity index (χ3n) is 5.50. The molecule has 4 nitrogen and oxygen atoms in total. The molecular weight excluding hydrogens is 418 g/mol. The van der Waals surface area contributed by atoms with E-state index in [9.17, 15) is 4.79 Å². The molecule has 0 saturated heterocycles. The minimum absolute atomic E-state index is 0.0752. The lowest BCUT2D eigenvalue weighted by atomic mass is 10.0. The average molecular weight is 438 g/mol. The topological polar surface area (TPSA) is 38.8 Å². The van der Waals surface area contributed by atoms with Crippen LogP contribution in [0.4, 0.5) is 0 Å². The van der Waals surface area contributed by atoms with Crippen molar-refractivity contribution in [3.63, 3.8) is 0 Å². The Labute approximate surface area is 184 Å². The summed E-state index contributed by atoms with van der Waals surface area (Å²) in [6.45, 7) is 4.00. The third-order valence-corrected chi connectivity index (χ3v) is 6.84. The minimum atomic E-state index is -0.0752. The zero-order valence-corrected chi connectivity index (χ0v) is 18.1. The van der Waals surface area contributed by atoms with Crippen LogP contribution in [-0.4, -0.2) is 24.0 Å². The largest absolute Gasteiger partial charge is 0.478 e. The molecule has 2 aliphatic rings. The second-order valence-corrected chi connectivity index (χ2v) is 8.85. The summed E-state index contributed by atoms with van der Waals surface area (Å²) in [5.41, 5.74) is 3.78. The van der Waals surface area contributed by atoms with E-state index >= 15 is 0 Å². The average Bonchev–Trinajstić information content (AvgIpc) is 3.30. The van der Waals surface area contributed by atoms with Crippen LogP contribution < -0.4 is 9.47 Å². The van der Waals surface area contributed by atoms with Gasteiger partial charge in [-0.1, -0.05) is 29.8 Å². The van der Waals surface area contributed by atoms with E-state index in [-0.39, 0.29) is 5.78 Å². The SMILES string of the molecule is Cc1ccsc1/C=C1\Oc2c(ccc3c2CN(CCc2ccccc2Cl)CO3)C1=O. The fraction of sp³-hybridized carbons (Fsp3) is 0.208. The van der Waals surface area contributed by atoms with Gasteiger partial charge in [-0.25, -0.2) is 0 Å². The molecule has 0 aliphatic carbocycles. The first-order chi connectivity index (χ1) is 14.6. The minimum Gasteiger partial charge on any atom is -0.478 e. The second-order valence-electron chi connectivity index (χ2n) is 7.49. The zero-order valence-electron chi connectivity index (χ0n) is 16.5. The van der Waals surface area contributed by atoms with Gasteiger partial charge in [0.1, 0.15) is 18.2 Å². The number of halogens is 1. The van der Waals surface area contributed by atoms with Crippen molar-refractivity contribution in [3.05, 3.63) is 85.8 Å². The fourth-order valence-corrected chi connectivity index (χ4v) is 4.86. The molecule has 0 spiro atoms. The lowest BCUT2D eigenvalue weighted by molar-refractivity contribution is 0.0950. The van der Waals surface area contributed by atoms with Gasteiger partial charge in [-0.05, 0) is 54.1 Å². The Morgan fingerprint density at radius 1 is 1.20 bits per heavy atom. The number of hydrogen-bond donors (Lipinski definition) is 0. The molecule has 1 aromatic heterocycles. The molecule has 152 valence electrons. The predicted molar refractivity (Wildman–Crippen MR) is 119 cm³/mol. The van der Waals surface area contributed by atoms with Crippen LogP contribution in [0.15, 0.2) is 53.6 Å². The highest BCUT2D eigenvalue weighted by atomic mass is 35.5. The lowest BCUT2D eigenvalue weighted by Crippen LogP contribution is -2.33. The molecule has 6 heteroatoms. The van der Waals surface area contributed by atoms with Crippen LogP contribution in [-0.2, 0) is 13.0 Å². The number of fused-ring (bicyclic) bond motifs is 3. The van der Waals surface area contributed by atoms with Crippen LogP contribution in [0.25, 0.3) is 6.08 Å². The number of carbonyl (C=O) groups is 1. The first-order valence-corrected chi connectivity index (χ1v) is 11.1. The van der Waals surface area contributed by atoms with Gasteiger partial charge in [0.2, 0.25) is 5.78 Å². The standard InChI is InChI=1S/C24H20ClNO3S/c1-15-9-11-30-22(15)12-21-23(27)17-6-7-20-18(24(17)29-21)13-26(14-28-20)10-8-16-4-2-3-5-19(16)25/h2-7,9,11-12H,8,10,13-14H2,1H3/b21-12-. The molecule has 5 rings (SSSR count). The molecule has 0 amide bonds. The summed E-state index contributed by atoms with van der Waals surface area (Å²) in [6, 6.07) is 13.6. The van der Waals surface area contributed by atoms with E-state index in [0.29, 0.717) is 30.3 Å². The van der Waals surface area contributed by atoms with Crippen LogP contribution in [0.3, 0.4) is 0 Å². The zero-order chi connectivity index (χ0) is 20.7. The van der Waals surface area contributed by atoms with Crippen LogP contribution >= 0.6 is 22.9 Å². The molecular formula is C24H20ClNO3S.